The van der Waals surface area contributed by atoms with Gasteiger partial charge in [-0.2, -0.15) is 0 Å². The number of thioether (sulfide) groups is 1. The number of rotatable bonds is 7. The first-order valence-electron chi connectivity index (χ1n) is 9.97. The van der Waals surface area contributed by atoms with Crippen molar-refractivity contribution >= 4 is 55.1 Å². The fraction of sp³-hybridized carbons (Fsp3) is 0.130. The molecule has 0 spiro atoms. The fourth-order valence-electron chi connectivity index (χ4n) is 3.29. The summed E-state index contributed by atoms with van der Waals surface area (Å²) in [6, 6.07) is 19.6. The molecule has 0 fully saturated rings. The lowest BCUT2D eigenvalue weighted by Gasteiger charge is -2.01. The maximum absolute atomic E-state index is 12.4. The Morgan fingerprint density at radius 3 is 2.91 bits per heavy atom. The summed E-state index contributed by atoms with van der Waals surface area (Å²) in [6.07, 6.45) is 0. The Labute approximate surface area is 191 Å². The molecule has 1 amide bonds. The van der Waals surface area contributed by atoms with Gasteiger partial charge in [-0.05, 0) is 42.0 Å². The molecule has 2 heterocycles. The van der Waals surface area contributed by atoms with E-state index in [9.17, 15) is 4.79 Å². The number of fused-ring (bicyclic) bond motifs is 2. The summed E-state index contributed by atoms with van der Waals surface area (Å²) in [7, 11) is 0. The number of carbonyl (C=O) groups excluding carboxylic acids is 1. The number of thiazole rings is 1. The molecule has 0 unspecified atom stereocenters. The van der Waals surface area contributed by atoms with Gasteiger partial charge in [-0.1, -0.05) is 59.5 Å². The molecular weight excluding hydrogens is 444 g/mol. The molecule has 5 rings (SSSR count). The monoisotopic (exact) mass is 462 g/mol. The number of ether oxygens (including phenoxy) is 1. The number of amides is 1. The van der Waals surface area contributed by atoms with Gasteiger partial charge in [0.2, 0.25) is 11.8 Å². The molecule has 32 heavy (non-hydrogen) atoms. The Hall–Kier alpha value is -3.43. The third kappa shape index (κ3) is 4.30. The topological polar surface area (TPSA) is 90.1 Å². The number of nitrogens with zero attached hydrogens (tertiary/aromatic N) is 3. The van der Waals surface area contributed by atoms with Crippen LogP contribution in [0.2, 0.25) is 0 Å². The van der Waals surface area contributed by atoms with E-state index >= 15 is 0 Å². The first kappa shape index (κ1) is 20.5. The van der Waals surface area contributed by atoms with Crippen LogP contribution in [0.5, 0.6) is 5.75 Å². The van der Waals surface area contributed by atoms with Crippen molar-refractivity contribution in [3.63, 3.8) is 0 Å². The van der Waals surface area contributed by atoms with E-state index in [0.29, 0.717) is 22.9 Å². The second kappa shape index (κ2) is 8.97. The van der Waals surface area contributed by atoms with Crippen LogP contribution in [0.15, 0.2) is 70.3 Å². The highest BCUT2D eigenvalue weighted by Gasteiger charge is 2.14. The van der Waals surface area contributed by atoms with E-state index in [1.165, 1.54) is 23.1 Å². The highest BCUT2D eigenvalue weighted by molar-refractivity contribution is 7.99. The van der Waals surface area contributed by atoms with Gasteiger partial charge in [0.05, 0.1) is 22.6 Å². The van der Waals surface area contributed by atoms with E-state index in [-0.39, 0.29) is 11.7 Å². The van der Waals surface area contributed by atoms with E-state index in [4.69, 9.17) is 9.15 Å². The van der Waals surface area contributed by atoms with Gasteiger partial charge >= 0.3 is 0 Å². The van der Waals surface area contributed by atoms with Crippen molar-refractivity contribution in [2.75, 3.05) is 17.7 Å². The molecule has 0 aliphatic heterocycles. The molecule has 1 N–H and O–H groups in total. The van der Waals surface area contributed by atoms with Crippen molar-refractivity contribution in [1.29, 1.82) is 0 Å². The van der Waals surface area contributed by atoms with Crippen molar-refractivity contribution in [3.8, 4) is 17.2 Å². The SMILES string of the molecule is CCOc1ccc2nc(NC(=O)CSc3nnc(-c4cccc5ccccc45)o3)sc2c1. The number of anilines is 1. The van der Waals surface area contributed by atoms with Crippen LogP contribution in [0.3, 0.4) is 0 Å². The van der Waals surface area contributed by atoms with Crippen molar-refractivity contribution in [2.45, 2.75) is 12.1 Å². The minimum Gasteiger partial charge on any atom is -0.494 e. The molecule has 0 saturated heterocycles. The standard InChI is InChI=1S/C23H18N4O3S2/c1-2-29-15-10-11-18-19(12-15)32-22(24-18)25-20(28)13-31-23-27-26-21(30-23)17-9-5-7-14-6-3-4-8-16(14)17/h3-12H,2,13H2,1H3,(H,24,25,28). The zero-order valence-corrected chi connectivity index (χ0v) is 18.7. The Morgan fingerprint density at radius 2 is 2.00 bits per heavy atom. The maximum atomic E-state index is 12.4. The van der Waals surface area contributed by atoms with E-state index in [1.54, 1.807) is 0 Å². The van der Waals surface area contributed by atoms with Gasteiger partial charge in [0.25, 0.3) is 5.22 Å². The van der Waals surface area contributed by atoms with Crippen LogP contribution in [0, 0.1) is 0 Å². The summed E-state index contributed by atoms with van der Waals surface area (Å²) < 4.78 is 12.3. The van der Waals surface area contributed by atoms with Gasteiger partial charge in [0.15, 0.2) is 5.13 Å². The molecule has 160 valence electrons. The normalized spacial score (nSPS) is 11.2. The second-order valence-electron chi connectivity index (χ2n) is 6.82. The van der Waals surface area contributed by atoms with Gasteiger partial charge in [-0.3, -0.25) is 4.79 Å². The summed E-state index contributed by atoms with van der Waals surface area (Å²) in [5.41, 5.74) is 1.69. The Balaban J connectivity index is 1.24. The largest absolute Gasteiger partial charge is 0.494 e. The number of nitrogens with one attached hydrogen (secondary N) is 1. The molecule has 7 nitrogen and oxygen atoms in total. The molecule has 3 aromatic carbocycles. The highest BCUT2D eigenvalue weighted by Crippen LogP contribution is 2.31. The molecule has 0 bridgehead atoms. The number of hydrogen-bond acceptors (Lipinski definition) is 8. The third-order valence-corrected chi connectivity index (χ3v) is 6.42. The van der Waals surface area contributed by atoms with E-state index in [1.807, 2.05) is 67.6 Å². The maximum Gasteiger partial charge on any atom is 0.277 e. The van der Waals surface area contributed by atoms with E-state index in [2.05, 4.69) is 20.5 Å². The Bertz CT molecular complexity index is 1410. The van der Waals surface area contributed by atoms with Crippen molar-refractivity contribution in [1.82, 2.24) is 15.2 Å². The van der Waals surface area contributed by atoms with Gasteiger partial charge in [0, 0.05) is 5.56 Å². The van der Waals surface area contributed by atoms with Crippen molar-refractivity contribution in [3.05, 3.63) is 60.7 Å². The predicted octanol–water partition coefficient (Wildman–Crippen LogP) is 5.63. The smallest absolute Gasteiger partial charge is 0.277 e. The van der Waals surface area contributed by atoms with Crippen LogP contribution in [0.25, 0.3) is 32.4 Å². The summed E-state index contributed by atoms with van der Waals surface area (Å²) >= 11 is 2.60. The average molecular weight is 463 g/mol. The number of aromatic nitrogens is 3. The van der Waals surface area contributed by atoms with Gasteiger partial charge < -0.3 is 14.5 Å². The lowest BCUT2D eigenvalue weighted by atomic mass is 10.0. The molecule has 2 aromatic heterocycles. The van der Waals surface area contributed by atoms with Gasteiger partial charge in [-0.25, -0.2) is 4.98 Å². The minimum atomic E-state index is -0.191. The second-order valence-corrected chi connectivity index (χ2v) is 8.78. The lowest BCUT2D eigenvalue weighted by Crippen LogP contribution is -2.13. The quantitative estimate of drug-likeness (QED) is 0.314. The third-order valence-electron chi connectivity index (χ3n) is 4.67. The first-order chi connectivity index (χ1) is 15.7. The lowest BCUT2D eigenvalue weighted by molar-refractivity contribution is -0.113. The molecule has 0 aliphatic rings. The molecule has 0 aliphatic carbocycles. The fourth-order valence-corrected chi connectivity index (χ4v) is 4.76. The summed E-state index contributed by atoms with van der Waals surface area (Å²) in [4.78, 5) is 16.9. The van der Waals surface area contributed by atoms with Gasteiger partial charge in [0.1, 0.15) is 5.75 Å². The van der Waals surface area contributed by atoms with Crippen LogP contribution in [0.4, 0.5) is 5.13 Å². The number of carbonyl (C=O) groups is 1. The summed E-state index contributed by atoms with van der Waals surface area (Å²) in [5.74, 6) is 1.16. The van der Waals surface area contributed by atoms with E-state index in [0.717, 1.165) is 32.3 Å². The van der Waals surface area contributed by atoms with Crippen LogP contribution < -0.4 is 10.1 Å². The number of hydrogen-bond donors (Lipinski definition) is 1. The molecule has 0 saturated carbocycles. The first-order valence-corrected chi connectivity index (χ1v) is 11.8. The predicted molar refractivity (Wildman–Crippen MR) is 127 cm³/mol. The molecule has 0 atom stereocenters. The summed E-state index contributed by atoms with van der Waals surface area (Å²) in [6.45, 7) is 2.54. The van der Waals surface area contributed by atoms with Crippen LogP contribution in [0.1, 0.15) is 6.92 Å². The molecule has 9 heteroatoms. The Kier molecular flexibility index (Phi) is 5.74. The van der Waals surface area contributed by atoms with Gasteiger partial charge in [-0.15, -0.1) is 10.2 Å². The van der Waals surface area contributed by atoms with Crippen LogP contribution in [-0.4, -0.2) is 33.4 Å². The molecule has 5 aromatic rings. The Morgan fingerprint density at radius 1 is 1.12 bits per heavy atom. The summed E-state index contributed by atoms with van der Waals surface area (Å²) in [5, 5.41) is 14.1. The zero-order chi connectivity index (χ0) is 21.9. The molecule has 0 radical (unpaired) electrons. The van der Waals surface area contributed by atoms with Crippen LogP contribution >= 0.6 is 23.1 Å². The van der Waals surface area contributed by atoms with Crippen molar-refractivity contribution in [2.24, 2.45) is 0 Å². The highest BCUT2D eigenvalue weighted by atomic mass is 32.2. The average Bonchev–Trinajstić information content (AvgIpc) is 3.44. The zero-order valence-electron chi connectivity index (χ0n) is 17.1. The van der Waals surface area contributed by atoms with Crippen LogP contribution in [-0.2, 0) is 4.79 Å². The number of benzene rings is 3. The van der Waals surface area contributed by atoms with Crippen molar-refractivity contribution < 1.29 is 13.9 Å². The minimum absolute atomic E-state index is 0.136. The van der Waals surface area contributed by atoms with E-state index < -0.39 is 0 Å². The molecular formula is C23H18N4O3S2.